The van der Waals surface area contributed by atoms with Crippen LogP contribution in [0.1, 0.15) is 15.9 Å². The van der Waals surface area contributed by atoms with Crippen LogP contribution in [0.4, 0.5) is 10.8 Å². The molecule has 1 amide bonds. The van der Waals surface area contributed by atoms with Crippen molar-refractivity contribution in [2.24, 2.45) is 0 Å². The molecule has 0 atom stereocenters. The van der Waals surface area contributed by atoms with Crippen LogP contribution in [0.2, 0.25) is 10.0 Å². The summed E-state index contributed by atoms with van der Waals surface area (Å²) in [5.41, 5.74) is 8.23. The molecule has 0 unspecified atom stereocenters. The van der Waals surface area contributed by atoms with Gasteiger partial charge in [-0.1, -0.05) is 52.2 Å². The third-order valence-electron chi connectivity index (χ3n) is 3.11. The van der Waals surface area contributed by atoms with Crippen molar-refractivity contribution in [1.29, 1.82) is 0 Å². The van der Waals surface area contributed by atoms with Gasteiger partial charge in [0.25, 0.3) is 5.91 Å². The van der Waals surface area contributed by atoms with Crippen LogP contribution >= 0.6 is 34.5 Å². The SMILES string of the molecule is Cc1cccc(C(=O)Nc2cc(Cl)c3nc(N)sc3c2Cl)c1. The molecule has 1 heterocycles. The number of amides is 1. The summed E-state index contributed by atoms with van der Waals surface area (Å²) in [6.45, 7) is 1.92. The molecule has 0 radical (unpaired) electrons. The Kier molecular flexibility index (Phi) is 3.95. The number of aromatic nitrogens is 1. The third kappa shape index (κ3) is 2.75. The second-order valence-electron chi connectivity index (χ2n) is 4.77. The van der Waals surface area contributed by atoms with Crippen molar-refractivity contribution in [3.05, 3.63) is 51.5 Å². The van der Waals surface area contributed by atoms with E-state index in [1.54, 1.807) is 18.2 Å². The summed E-state index contributed by atoms with van der Waals surface area (Å²) < 4.78 is 0.659. The van der Waals surface area contributed by atoms with Gasteiger partial charge in [0.05, 0.1) is 20.4 Å². The lowest BCUT2D eigenvalue weighted by Crippen LogP contribution is -2.12. The maximum atomic E-state index is 12.3. The van der Waals surface area contributed by atoms with Crippen LogP contribution in [0.5, 0.6) is 0 Å². The Morgan fingerprint density at radius 3 is 2.82 bits per heavy atom. The molecule has 0 aliphatic rings. The first-order valence-corrected chi connectivity index (χ1v) is 7.95. The van der Waals surface area contributed by atoms with Crippen molar-refractivity contribution in [3.8, 4) is 0 Å². The molecule has 2 aromatic carbocycles. The molecule has 112 valence electrons. The summed E-state index contributed by atoms with van der Waals surface area (Å²) in [6.07, 6.45) is 0. The van der Waals surface area contributed by atoms with E-state index in [4.69, 9.17) is 28.9 Å². The van der Waals surface area contributed by atoms with Gasteiger partial charge in [-0.3, -0.25) is 4.79 Å². The number of hydrogen-bond donors (Lipinski definition) is 2. The maximum Gasteiger partial charge on any atom is 0.255 e. The highest BCUT2D eigenvalue weighted by Gasteiger charge is 2.16. The normalized spacial score (nSPS) is 10.9. The first kappa shape index (κ1) is 15.1. The van der Waals surface area contributed by atoms with E-state index in [9.17, 15) is 4.79 Å². The molecular formula is C15H11Cl2N3OS. The van der Waals surface area contributed by atoms with E-state index in [0.29, 0.717) is 36.6 Å². The predicted molar refractivity (Wildman–Crippen MR) is 93.2 cm³/mol. The summed E-state index contributed by atoms with van der Waals surface area (Å²) in [7, 11) is 0. The Hall–Kier alpha value is -1.82. The number of carbonyl (C=O) groups is 1. The first-order chi connectivity index (χ1) is 10.5. The molecule has 3 N–H and O–H groups in total. The monoisotopic (exact) mass is 351 g/mol. The number of anilines is 2. The van der Waals surface area contributed by atoms with Gasteiger partial charge in [-0.2, -0.15) is 0 Å². The zero-order valence-corrected chi connectivity index (χ0v) is 13.8. The summed E-state index contributed by atoms with van der Waals surface area (Å²) in [4.78, 5) is 16.5. The Balaban J connectivity index is 2.00. The number of nitrogens with two attached hydrogens (primary N) is 1. The molecular weight excluding hydrogens is 341 g/mol. The fraction of sp³-hybridized carbons (Fsp3) is 0.0667. The molecule has 4 nitrogen and oxygen atoms in total. The number of nitrogens with one attached hydrogen (secondary N) is 1. The van der Waals surface area contributed by atoms with Crippen LogP contribution in [0.3, 0.4) is 0 Å². The lowest BCUT2D eigenvalue weighted by Gasteiger charge is -2.09. The molecule has 0 fully saturated rings. The average molecular weight is 352 g/mol. The van der Waals surface area contributed by atoms with Crippen molar-refractivity contribution in [1.82, 2.24) is 4.98 Å². The summed E-state index contributed by atoms with van der Waals surface area (Å²) in [6, 6.07) is 8.87. The number of rotatable bonds is 2. The highest BCUT2D eigenvalue weighted by atomic mass is 35.5. The molecule has 0 saturated carbocycles. The predicted octanol–water partition coefficient (Wildman–Crippen LogP) is 4.75. The fourth-order valence-corrected chi connectivity index (χ4v) is 3.51. The molecule has 0 aliphatic heterocycles. The highest BCUT2D eigenvalue weighted by molar-refractivity contribution is 7.22. The van der Waals surface area contributed by atoms with Gasteiger partial charge in [-0.15, -0.1) is 0 Å². The van der Waals surface area contributed by atoms with E-state index < -0.39 is 0 Å². The lowest BCUT2D eigenvalue weighted by atomic mass is 10.1. The number of fused-ring (bicyclic) bond motifs is 1. The van der Waals surface area contributed by atoms with Gasteiger partial charge in [0, 0.05) is 5.56 Å². The zero-order chi connectivity index (χ0) is 15.9. The van der Waals surface area contributed by atoms with Crippen LogP contribution in [0, 0.1) is 6.92 Å². The Morgan fingerprint density at radius 1 is 1.32 bits per heavy atom. The summed E-state index contributed by atoms with van der Waals surface area (Å²) >= 11 is 13.7. The maximum absolute atomic E-state index is 12.3. The number of carbonyl (C=O) groups excluding carboxylic acids is 1. The second-order valence-corrected chi connectivity index (χ2v) is 6.59. The highest BCUT2D eigenvalue weighted by Crippen LogP contribution is 2.40. The third-order valence-corrected chi connectivity index (χ3v) is 4.80. The Bertz CT molecular complexity index is 892. The molecule has 0 saturated heterocycles. The van der Waals surface area contributed by atoms with Gasteiger partial charge in [0.15, 0.2) is 5.13 Å². The molecule has 3 rings (SSSR count). The minimum Gasteiger partial charge on any atom is -0.375 e. The molecule has 22 heavy (non-hydrogen) atoms. The molecule has 0 bridgehead atoms. The van der Waals surface area contributed by atoms with Crippen molar-refractivity contribution in [2.75, 3.05) is 11.1 Å². The van der Waals surface area contributed by atoms with E-state index in [1.165, 1.54) is 11.3 Å². The number of thiazole rings is 1. The number of aryl methyl sites for hydroxylation is 1. The van der Waals surface area contributed by atoms with Gasteiger partial charge < -0.3 is 11.1 Å². The number of benzene rings is 2. The summed E-state index contributed by atoms with van der Waals surface area (Å²) in [5.74, 6) is -0.251. The van der Waals surface area contributed by atoms with Gasteiger partial charge in [0.1, 0.15) is 5.52 Å². The standard InChI is InChI=1S/C15H11Cl2N3OS/c1-7-3-2-4-8(5-7)14(21)19-10-6-9(16)12-13(11(10)17)22-15(18)20-12/h2-6H,1H3,(H2,18,20)(H,19,21). The van der Waals surface area contributed by atoms with Crippen molar-refractivity contribution < 1.29 is 4.79 Å². The van der Waals surface area contributed by atoms with Crippen molar-refractivity contribution in [2.45, 2.75) is 6.92 Å². The number of hydrogen-bond acceptors (Lipinski definition) is 4. The number of nitrogen functional groups attached to an aromatic ring is 1. The minimum absolute atomic E-state index is 0.251. The van der Waals surface area contributed by atoms with E-state index in [1.807, 2.05) is 19.1 Å². The van der Waals surface area contributed by atoms with E-state index in [2.05, 4.69) is 10.3 Å². The quantitative estimate of drug-likeness (QED) is 0.700. The van der Waals surface area contributed by atoms with Crippen LogP contribution in [0.25, 0.3) is 10.2 Å². The van der Waals surface area contributed by atoms with E-state index in [-0.39, 0.29) is 5.91 Å². The van der Waals surface area contributed by atoms with Crippen LogP contribution in [-0.4, -0.2) is 10.9 Å². The molecule has 3 aromatic rings. The van der Waals surface area contributed by atoms with Crippen molar-refractivity contribution >= 4 is 61.5 Å². The Labute approximate surface area is 140 Å². The largest absolute Gasteiger partial charge is 0.375 e. The number of halogens is 2. The molecule has 0 aliphatic carbocycles. The average Bonchev–Trinajstić information content (AvgIpc) is 2.87. The second kappa shape index (κ2) is 5.76. The lowest BCUT2D eigenvalue weighted by molar-refractivity contribution is 0.102. The first-order valence-electron chi connectivity index (χ1n) is 6.37. The zero-order valence-electron chi connectivity index (χ0n) is 11.5. The van der Waals surface area contributed by atoms with E-state index in [0.717, 1.165) is 5.56 Å². The molecule has 7 heteroatoms. The molecule has 1 aromatic heterocycles. The summed E-state index contributed by atoms with van der Waals surface area (Å²) in [5, 5.41) is 3.93. The topological polar surface area (TPSA) is 68.0 Å². The van der Waals surface area contributed by atoms with Gasteiger partial charge in [0.2, 0.25) is 0 Å². The van der Waals surface area contributed by atoms with Gasteiger partial charge >= 0.3 is 0 Å². The van der Waals surface area contributed by atoms with Crippen LogP contribution in [0.15, 0.2) is 30.3 Å². The smallest absolute Gasteiger partial charge is 0.255 e. The van der Waals surface area contributed by atoms with E-state index >= 15 is 0 Å². The molecule has 0 spiro atoms. The number of nitrogens with zero attached hydrogens (tertiary/aromatic N) is 1. The van der Waals surface area contributed by atoms with Crippen LogP contribution in [-0.2, 0) is 0 Å². The minimum atomic E-state index is -0.251. The van der Waals surface area contributed by atoms with Crippen molar-refractivity contribution in [3.63, 3.8) is 0 Å². The van der Waals surface area contributed by atoms with Gasteiger partial charge in [-0.25, -0.2) is 4.98 Å². The van der Waals surface area contributed by atoms with Crippen LogP contribution < -0.4 is 11.1 Å². The fourth-order valence-electron chi connectivity index (χ4n) is 2.10. The van der Waals surface area contributed by atoms with Gasteiger partial charge in [-0.05, 0) is 25.1 Å². The Morgan fingerprint density at radius 2 is 2.09 bits per heavy atom.